The number of nitrogens with zero attached hydrogens (tertiary/aromatic N) is 6. The summed E-state index contributed by atoms with van der Waals surface area (Å²) in [4.78, 5) is 70.1. The van der Waals surface area contributed by atoms with Crippen LogP contribution in [0.15, 0.2) is 54.6 Å². The van der Waals surface area contributed by atoms with Gasteiger partial charge in [-0.05, 0) is 72.1 Å². The number of ether oxygens (including phenoxy) is 2. The predicted octanol–water partition coefficient (Wildman–Crippen LogP) is 4.42. The fourth-order valence-electron chi connectivity index (χ4n) is 7.40. The first kappa shape index (κ1) is 44.4. The second-order valence-electron chi connectivity index (χ2n) is 15.9. The molecule has 2 aliphatic rings. The molecule has 1 saturated heterocycles. The molecule has 3 aromatic rings. The van der Waals surface area contributed by atoms with Crippen molar-refractivity contribution in [1.29, 1.82) is 0 Å². The van der Waals surface area contributed by atoms with E-state index in [2.05, 4.69) is 40.0 Å². The molecule has 2 aliphatic heterocycles. The highest BCUT2D eigenvalue weighted by Gasteiger charge is 2.45. The van der Waals surface area contributed by atoms with Crippen LogP contribution >= 0.6 is 0 Å². The first-order chi connectivity index (χ1) is 26.7. The smallest absolute Gasteiger partial charge is 0.410 e. The number of amides is 4. The van der Waals surface area contributed by atoms with Crippen LogP contribution in [0.5, 0.6) is 0 Å². The van der Waals surface area contributed by atoms with Crippen molar-refractivity contribution >= 4 is 29.8 Å². The van der Waals surface area contributed by atoms with Crippen molar-refractivity contribution in [2.45, 2.75) is 124 Å². The molecule has 15 heteroatoms. The highest BCUT2D eigenvalue weighted by molar-refractivity contribution is 5.94. The highest BCUT2D eigenvalue weighted by atomic mass is 16.6. The van der Waals surface area contributed by atoms with Crippen LogP contribution in [-0.2, 0) is 53.6 Å². The molecule has 2 unspecified atom stereocenters. The summed E-state index contributed by atoms with van der Waals surface area (Å²) in [5.74, 6) is -1.87. The minimum absolute atomic E-state index is 0. The molecule has 5 rings (SSSR count). The topological polar surface area (TPSA) is 178 Å². The van der Waals surface area contributed by atoms with Gasteiger partial charge in [-0.25, -0.2) is 14.3 Å². The molecular formula is C42H60N8O7. The van der Waals surface area contributed by atoms with Crippen LogP contribution in [0.25, 0.3) is 0 Å². The first-order valence-electron chi connectivity index (χ1n) is 19.5. The summed E-state index contributed by atoms with van der Waals surface area (Å²) in [7, 11) is 1.24. The molecular weight excluding hydrogens is 729 g/mol. The molecule has 15 nitrogen and oxygen atoms in total. The highest BCUT2D eigenvalue weighted by Crippen LogP contribution is 2.27. The molecule has 4 atom stereocenters. The Morgan fingerprint density at radius 2 is 1.56 bits per heavy atom. The number of fused-ring (bicyclic) bond motifs is 1. The molecule has 1 aromatic heterocycles. The Morgan fingerprint density at radius 1 is 0.895 bits per heavy atom. The van der Waals surface area contributed by atoms with Gasteiger partial charge in [0.2, 0.25) is 17.7 Å². The number of rotatable bonds is 15. The molecule has 0 radical (unpaired) electrons. The van der Waals surface area contributed by atoms with E-state index in [1.165, 1.54) is 17.6 Å². The second-order valence-corrected chi connectivity index (χ2v) is 15.9. The van der Waals surface area contributed by atoms with Crippen LogP contribution in [0.4, 0.5) is 4.79 Å². The number of nitrogens with one attached hydrogen (secondary N) is 2. The Kier molecular flexibility index (Phi) is 15.3. The monoisotopic (exact) mass is 788 g/mol. The minimum atomic E-state index is -1.02. The van der Waals surface area contributed by atoms with Crippen molar-refractivity contribution in [1.82, 2.24) is 40.6 Å². The number of tetrazole rings is 1. The van der Waals surface area contributed by atoms with Crippen LogP contribution in [0, 0.1) is 11.8 Å². The Labute approximate surface area is 336 Å². The van der Waals surface area contributed by atoms with Gasteiger partial charge in [0.25, 0.3) is 0 Å². The molecule has 0 spiro atoms. The molecule has 4 amide bonds. The standard InChI is InChI=1S/C41H56N8O7.CH4/c1-26(2)35(42-34(50)20-14-13-19-33-44-45-46-49(33)41(5,6)30-17-9-8-10-18-30)37(51)43-36(27(3)4)38(52)48-25-31(23-32(48)39(53)55-7)56-40(54)47-22-21-28-15-11-12-16-29(28)24-47;/h8-12,15-18,26-27,31-32,35-36H,13-14,19-25H2,1-7H3,(H,42,50)(H,43,51);1H4/t31?,32-,35-,36?;/m0./s1. The lowest BCUT2D eigenvalue weighted by Crippen LogP contribution is -2.58. The number of carbonyl (C=O) groups excluding carboxylic acids is 5. The average molecular weight is 789 g/mol. The van der Waals surface area contributed by atoms with E-state index in [9.17, 15) is 24.0 Å². The molecule has 57 heavy (non-hydrogen) atoms. The lowest BCUT2D eigenvalue weighted by atomic mass is 9.94. The van der Waals surface area contributed by atoms with E-state index in [-0.39, 0.29) is 44.6 Å². The zero-order valence-corrected chi connectivity index (χ0v) is 33.6. The number of aromatic nitrogens is 4. The fourth-order valence-corrected chi connectivity index (χ4v) is 7.40. The molecule has 1 fully saturated rings. The van der Waals surface area contributed by atoms with E-state index in [1.807, 2.05) is 73.1 Å². The van der Waals surface area contributed by atoms with Crippen molar-refractivity contribution in [3.05, 3.63) is 77.1 Å². The molecule has 2 aromatic carbocycles. The van der Waals surface area contributed by atoms with Gasteiger partial charge >= 0.3 is 12.1 Å². The van der Waals surface area contributed by atoms with Gasteiger partial charge in [0, 0.05) is 32.4 Å². The Bertz CT molecular complexity index is 1850. The number of benzene rings is 2. The van der Waals surface area contributed by atoms with Gasteiger partial charge in [0.05, 0.1) is 19.2 Å². The first-order valence-corrected chi connectivity index (χ1v) is 19.5. The summed E-state index contributed by atoms with van der Waals surface area (Å²) < 4.78 is 12.7. The maximum absolute atomic E-state index is 14.1. The summed E-state index contributed by atoms with van der Waals surface area (Å²) in [6, 6.07) is 15.0. The summed E-state index contributed by atoms with van der Waals surface area (Å²) in [6.45, 7) is 12.2. The van der Waals surface area contributed by atoms with Gasteiger partial charge in [-0.1, -0.05) is 89.7 Å². The van der Waals surface area contributed by atoms with Gasteiger partial charge in [0.1, 0.15) is 24.2 Å². The van der Waals surface area contributed by atoms with E-state index in [0.717, 1.165) is 11.1 Å². The summed E-state index contributed by atoms with van der Waals surface area (Å²) in [5.41, 5.74) is 2.85. The molecule has 0 bridgehead atoms. The van der Waals surface area contributed by atoms with E-state index in [0.29, 0.717) is 44.6 Å². The number of esters is 1. The van der Waals surface area contributed by atoms with E-state index >= 15 is 0 Å². The largest absolute Gasteiger partial charge is 0.467 e. The van der Waals surface area contributed by atoms with Gasteiger partial charge in [-0.2, -0.15) is 0 Å². The van der Waals surface area contributed by atoms with Crippen molar-refractivity contribution in [2.24, 2.45) is 11.8 Å². The van der Waals surface area contributed by atoms with Crippen LogP contribution in [-0.4, -0.2) is 104 Å². The van der Waals surface area contributed by atoms with Crippen LogP contribution < -0.4 is 10.6 Å². The second kappa shape index (κ2) is 19.7. The third-order valence-corrected chi connectivity index (χ3v) is 10.8. The minimum Gasteiger partial charge on any atom is -0.467 e. The van der Waals surface area contributed by atoms with Crippen LogP contribution in [0.3, 0.4) is 0 Å². The van der Waals surface area contributed by atoms with Crippen molar-refractivity contribution in [3.8, 4) is 0 Å². The summed E-state index contributed by atoms with van der Waals surface area (Å²) in [6.07, 6.45) is 1.46. The lowest BCUT2D eigenvalue weighted by molar-refractivity contribution is -0.152. The number of aryl methyl sites for hydroxylation is 1. The van der Waals surface area contributed by atoms with E-state index < -0.39 is 53.6 Å². The number of methoxy groups -OCH3 is 1. The quantitative estimate of drug-likeness (QED) is 0.166. The van der Waals surface area contributed by atoms with Gasteiger partial charge < -0.3 is 29.9 Å². The summed E-state index contributed by atoms with van der Waals surface area (Å²) in [5, 5.41) is 18.1. The Hall–Kier alpha value is -5.34. The maximum atomic E-state index is 14.1. The Morgan fingerprint density at radius 3 is 2.23 bits per heavy atom. The predicted molar refractivity (Wildman–Crippen MR) is 213 cm³/mol. The average Bonchev–Trinajstić information content (AvgIpc) is 3.85. The fraction of sp³-hybridized carbons (Fsp3) is 0.571. The van der Waals surface area contributed by atoms with Gasteiger partial charge in [-0.3, -0.25) is 14.4 Å². The number of hydrogen-bond donors (Lipinski definition) is 2. The number of unbranched alkanes of at least 4 members (excludes halogenated alkanes) is 1. The molecule has 0 saturated carbocycles. The zero-order chi connectivity index (χ0) is 40.6. The number of hydrogen-bond acceptors (Lipinski definition) is 10. The number of likely N-dealkylation sites (tertiary alicyclic amines) is 1. The molecule has 0 aliphatic carbocycles. The van der Waals surface area contributed by atoms with Gasteiger partial charge in [-0.15, -0.1) is 5.10 Å². The lowest BCUT2D eigenvalue weighted by Gasteiger charge is -2.31. The van der Waals surface area contributed by atoms with Crippen molar-refractivity contribution < 1.29 is 33.4 Å². The molecule has 310 valence electrons. The Balaban J connectivity index is 0.00000720. The van der Waals surface area contributed by atoms with Gasteiger partial charge in [0.15, 0.2) is 5.82 Å². The normalized spacial score (nSPS) is 17.6. The van der Waals surface area contributed by atoms with Crippen molar-refractivity contribution in [2.75, 3.05) is 20.2 Å². The van der Waals surface area contributed by atoms with Crippen LogP contribution in [0.1, 0.15) is 97.2 Å². The van der Waals surface area contributed by atoms with Crippen LogP contribution in [0.2, 0.25) is 0 Å². The maximum Gasteiger partial charge on any atom is 0.410 e. The third-order valence-electron chi connectivity index (χ3n) is 10.8. The molecule has 3 heterocycles. The number of carbonyl (C=O) groups is 5. The third kappa shape index (κ3) is 10.7. The zero-order valence-electron chi connectivity index (χ0n) is 33.6. The molecule has 2 N–H and O–H groups in total. The SMILES string of the molecule is C.COC(=O)[C@@H]1CC(OC(=O)N2CCc3ccccc3C2)CN1C(=O)C(NC(=O)[C@@H](NC(=O)CCCCc1nnnn1C(C)(C)c1ccccc1)C(C)C)C(C)C. The van der Waals surface area contributed by atoms with E-state index in [1.54, 1.807) is 18.7 Å². The van der Waals surface area contributed by atoms with Crippen molar-refractivity contribution in [3.63, 3.8) is 0 Å². The summed E-state index contributed by atoms with van der Waals surface area (Å²) >= 11 is 0. The van der Waals surface area contributed by atoms with E-state index in [4.69, 9.17) is 9.47 Å².